The van der Waals surface area contributed by atoms with Crippen LogP contribution in [-0.4, -0.2) is 33.1 Å². The molecule has 1 aliphatic rings. The zero-order chi connectivity index (χ0) is 13.8. The lowest BCUT2D eigenvalue weighted by atomic mass is 10.2. The lowest BCUT2D eigenvalue weighted by Gasteiger charge is -2.19. The fraction of sp³-hybridized carbons (Fsp3) is 0.500. The fourth-order valence-electron chi connectivity index (χ4n) is 1.98. The smallest absolute Gasteiger partial charge is 0.238 e. The third kappa shape index (κ3) is 4.11. The molecule has 0 atom stereocenters. The summed E-state index contributed by atoms with van der Waals surface area (Å²) in [5, 5.41) is 6.70. The Bertz CT molecular complexity index is 458. The molecule has 4 nitrogen and oxygen atoms in total. The van der Waals surface area contributed by atoms with Gasteiger partial charge in [-0.3, -0.25) is 4.79 Å². The lowest BCUT2D eigenvalue weighted by molar-refractivity contribution is -0.115. The van der Waals surface area contributed by atoms with E-state index in [9.17, 15) is 4.79 Å². The predicted octanol–water partition coefficient (Wildman–Crippen LogP) is 2.34. The molecule has 0 aromatic heterocycles. The number of para-hydroxylation sites is 1. The van der Waals surface area contributed by atoms with Crippen LogP contribution in [0.4, 0.5) is 11.4 Å². The van der Waals surface area contributed by atoms with Crippen LogP contribution in [0.1, 0.15) is 12.8 Å². The van der Waals surface area contributed by atoms with E-state index in [-0.39, 0.29) is 5.91 Å². The third-order valence-corrected chi connectivity index (χ3v) is 3.43. The summed E-state index contributed by atoms with van der Waals surface area (Å²) in [6.45, 7) is 1.28. The highest BCUT2D eigenvalue weighted by atomic mass is 35.5. The van der Waals surface area contributed by atoms with Crippen molar-refractivity contribution in [3.8, 4) is 0 Å². The van der Waals surface area contributed by atoms with Crippen molar-refractivity contribution in [3.05, 3.63) is 23.2 Å². The highest BCUT2D eigenvalue weighted by Gasteiger charge is 2.20. The maximum absolute atomic E-state index is 11.9. The third-order valence-electron chi connectivity index (χ3n) is 3.12. The van der Waals surface area contributed by atoms with Gasteiger partial charge in [0.1, 0.15) is 0 Å². The Labute approximate surface area is 119 Å². The van der Waals surface area contributed by atoms with Crippen LogP contribution in [0.5, 0.6) is 0 Å². The summed E-state index contributed by atoms with van der Waals surface area (Å²) in [6, 6.07) is 5.51. The Morgan fingerprint density at radius 2 is 2.16 bits per heavy atom. The lowest BCUT2D eigenvalue weighted by Crippen LogP contribution is -2.30. The van der Waals surface area contributed by atoms with Crippen molar-refractivity contribution in [2.24, 2.45) is 5.92 Å². The fourth-order valence-corrected chi connectivity index (χ4v) is 2.32. The Morgan fingerprint density at radius 3 is 2.79 bits per heavy atom. The normalized spacial score (nSPS) is 14.3. The number of nitrogens with one attached hydrogen (secondary N) is 2. The first kappa shape index (κ1) is 14.2. The van der Waals surface area contributed by atoms with Gasteiger partial charge in [0.05, 0.1) is 22.9 Å². The molecule has 0 aliphatic heterocycles. The quantitative estimate of drug-likeness (QED) is 0.841. The number of anilines is 2. The molecule has 104 valence electrons. The molecule has 0 bridgehead atoms. The molecule has 1 aromatic carbocycles. The Morgan fingerprint density at radius 1 is 1.42 bits per heavy atom. The van der Waals surface area contributed by atoms with E-state index in [0.29, 0.717) is 11.6 Å². The number of carbonyl (C=O) groups excluding carboxylic acids is 1. The topological polar surface area (TPSA) is 44.4 Å². The standard InChI is InChI=1S/C14H20ClN3O/c1-18(2)14-11(15)4-3-5-12(14)17-13(19)9-16-8-10-6-7-10/h3-5,10,16H,6-9H2,1-2H3,(H,17,19). The zero-order valence-corrected chi connectivity index (χ0v) is 12.1. The Hall–Kier alpha value is -1.26. The van der Waals surface area contributed by atoms with Gasteiger partial charge in [-0.15, -0.1) is 0 Å². The number of nitrogens with zero attached hydrogens (tertiary/aromatic N) is 1. The number of halogens is 1. The molecule has 1 amide bonds. The van der Waals surface area contributed by atoms with E-state index in [2.05, 4.69) is 10.6 Å². The molecule has 1 fully saturated rings. The molecule has 2 N–H and O–H groups in total. The molecule has 5 heteroatoms. The first-order chi connectivity index (χ1) is 9.08. The highest BCUT2D eigenvalue weighted by Crippen LogP contribution is 2.32. The van der Waals surface area contributed by atoms with E-state index >= 15 is 0 Å². The van der Waals surface area contributed by atoms with E-state index in [0.717, 1.165) is 23.8 Å². The van der Waals surface area contributed by atoms with Crippen LogP contribution in [0.15, 0.2) is 18.2 Å². The molecule has 0 unspecified atom stereocenters. The van der Waals surface area contributed by atoms with Gasteiger partial charge >= 0.3 is 0 Å². The van der Waals surface area contributed by atoms with Gasteiger partial charge in [-0.2, -0.15) is 0 Å². The maximum atomic E-state index is 11.9. The summed E-state index contributed by atoms with van der Waals surface area (Å²) in [7, 11) is 3.81. The van der Waals surface area contributed by atoms with Crippen molar-refractivity contribution < 1.29 is 4.79 Å². The van der Waals surface area contributed by atoms with E-state index in [1.165, 1.54) is 12.8 Å². The van der Waals surface area contributed by atoms with E-state index < -0.39 is 0 Å². The number of hydrogen-bond donors (Lipinski definition) is 2. The summed E-state index contributed by atoms with van der Waals surface area (Å²) >= 11 is 6.15. The second-order valence-electron chi connectivity index (χ2n) is 5.15. The van der Waals surface area contributed by atoms with Crippen molar-refractivity contribution >= 4 is 28.9 Å². The minimum atomic E-state index is -0.0361. The monoisotopic (exact) mass is 281 g/mol. The molecule has 2 rings (SSSR count). The van der Waals surface area contributed by atoms with Crippen LogP contribution < -0.4 is 15.5 Å². The number of amides is 1. The molecule has 1 saturated carbocycles. The van der Waals surface area contributed by atoms with Gasteiger partial charge in [-0.1, -0.05) is 17.7 Å². The number of hydrogen-bond acceptors (Lipinski definition) is 3. The number of rotatable bonds is 6. The van der Waals surface area contributed by atoms with Crippen LogP contribution in [0.2, 0.25) is 5.02 Å². The molecule has 0 saturated heterocycles. The van der Waals surface area contributed by atoms with Crippen molar-refractivity contribution in [2.75, 3.05) is 37.4 Å². The average molecular weight is 282 g/mol. The number of benzene rings is 1. The Balaban J connectivity index is 1.93. The average Bonchev–Trinajstić information content (AvgIpc) is 3.12. The predicted molar refractivity (Wildman–Crippen MR) is 80.0 cm³/mol. The van der Waals surface area contributed by atoms with Crippen molar-refractivity contribution in [1.29, 1.82) is 0 Å². The molecular weight excluding hydrogens is 262 g/mol. The molecule has 0 heterocycles. The van der Waals surface area contributed by atoms with Gasteiger partial charge in [0.2, 0.25) is 5.91 Å². The summed E-state index contributed by atoms with van der Waals surface area (Å²) in [5.74, 6) is 0.738. The molecule has 1 aromatic rings. The minimum absolute atomic E-state index is 0.0361. The van der Waals surface area contributed by atoms with Crippen LogP contribution >= 0.6 is 11.6 Å². The molecule has 19 heavy (non-hydrogen) atoms. The maximum Gasteiger partial charge on any atom is 0.238 e. The minimum Gasteiger partial charge on any atom is -0.375 e. The van der Waals surface area contributed by atoms with Crippen molar-refractivity contribution in [2.45, 2.75) is 12.8 Å². The summed E-state index contributed by atoms with van der Waals surface area (Å²) in [4.78, 5) is 13.8. The van der Waals surface area contributed by atoms with Crippen LogP contribution in [0.3, 0.4) is 0 Å². The van der Waals surface area contributed by atoms with Gasteiger partial charge in [0, 0.05) is 14.1 Å². The molecular formula is C14H20ClN3O. The molecule has 0 radical (unpaired) electrons. The largest absolute Gasteiger partial charge is 0.375 e. The van der Waals surface area contributed by atoms with Gasteiger partial charge in [-0.05, 0) is 37.4 Å². The highest BCUT2D eigenvalue weighted by molar-refractivity contribution is 6.34. The number of carbonyl (C=O) groups is 1. The van der Waals surface area contributed by atoms with E-state index in [1.807, 2.05) is 37.2 Å². The van der Waals surface area contributed by atoms with Gasteiger partial charge in [0.15, 0.2) is 0 Å². The summed E-state index contributed by atoms with van der Waals surface area (Å²) < 4.78 is 0. The van der Waals surface area contributed by atoms with Crippen LogP contribution in [0, 0.1) is 5.92 Å². The van der Waals surface area contributed by atoms with Crippen LogP contribution in [0.25, 0.3) is 0 Å². The van der Waals surface area contributed by atoms with Crippen molar-refractivity contribution in [1.82, 2.24) is 5.32 Å². The SMILES string of the molecule is CN(C)c1c(Cl)cccc1NC(=O)CNCC1CC1. The van der Waals surface area contributed by atoms with E-state index in [1.54, 1.807) is 0 Å². The zero-order valence-electron chi connectivity index (χ0n) is 11.4. The van der Waals surface area contributed by atoms with E-state index in [4.69, 9.17) is 11.6 Å². The van der Waals surface area contributed by atoms with Crippen molar-refractivity contribution in [3.63, 3.8) is 0 Å². The molecule has 1 aliphatic carbocycles. The van der Waals surface area contributed by atoms with Gasteiger partial charge in [-0.25, -0.2) is 0 Å². The molecule has 0 spiro atoms. The van der Waals surface area contributed by atoms with Crippen LogP contribution in [-0.2, 0) is 4.79 Å². The second kappa shape index (κ2) is 6.26. The van der Waals surface area contributed by atoms with Gasteiger partial charge < -0.3 is 15.5 Å². The van der Waals surface area contributed by atoms with Gasteiger partial charge in [0.25, 0.3) is 0 Å². The second-order valence-corrected chi connectivity index (χ2v) is 5.56. The Kier molecular flexibility index (Phi) is 4.66. The first-order valence-corrected chi connectivity index (χ1v) is 6.92. The summed E-state index contributed by atoms with van der Waals surface area (Å²) in [5.41, 5.74) is 1.58. The first-order valence-electron chi connectivity index (χ1n) is 6.54. The summed E-state index contributed by atoms with van der Waals surface area (Å²) in [6.07, 6.45) is 2.57.